The molecule has 0 radical (unpaired) electrons. The van der Waals surface area contributed by atoms with Gasteiger partial charge in [-0.1, -0.05) is 25.5 Å². The van der Waals surface area contributed by atoms with Crippen LogP contribution in [0.5, 0.6) is 0 Å². The summed E-state index contributed by atoms with van der Waals surface area (Å²) in [6.07, 6.45) is 8.56. The Hall–Kier alpha value is -1.13. The van der Waals surface area contributed by atoms with E-state index in [2.05, 4.69) is 59.3 Å². The Balaban J connectivity index is 1.77. The standard InChI is InChI=1S/C15H23N3S/c1-12(2)10-16-6-4-5-13(3)9-14-11-18-7-8-19-15(18)17-14/h5,7-8,11-12,16H,4,6,9-10H2,1-3H3/b13-5-. The lowest BCUT2D eigenvalue weighted by atomic mass is 10.1. The summed E-state index contributed by atoms with van der Waals surface area (Å²) in [5.41, 5.74) is 2.56. The number of thiazole rings is 1. The van der Waals surface area contributed by atoms with Crippen molar-refractivity contribution in [3.63, 3.8) is 0 Å². The van der Waals surface area contributed by atoms with E-state index in [0.29, 0.717) is 0 Å². The topological polar surface area (TPSA) is 29.3 Å². The van der Waals surface area contributed by atoms with Crippen molar-refractivity contribution in [2.45, 2.75) is 33.6 Å². The Morgan fingerprint density at radius 3 is 3.11 bits per heavy atom. The summed E-state index contributed by atoms with van der Waals surface area (Å²) in [6, 6.07) is 0. The lowest BCUT2D eigenvalue weighted by Crippen LogP contribution is -2.20. The zero-order chi connectivity index (χ0) is 13.7. The van der Waals surface area contributed by atoms with Gasteiger partial charge in [0, 0.05) is 24.2 Å². The highest BCUT2D eigenvalue weighted by atomic mass is 32.1. The van der Waals surface area contributed by atoms with E-state index in [1.54, 1.807) is 11.3 Å². The lowest BCUT2D eigenvalue weighted by Gasteiger charge is -2.05. The van der Waals surface area contributed by atoms with Crippen LogP contribution in [-0.2, 0) is 6.42 Å². The minimum absolute atomic E-state index is 0.726. The monoisotopic (exact) mass is 277 g/mol. The molecule has 4 heteroatoms. The van der Waals surface area contributed by atoms with E-state index in [4.69, 9.17) is 0 Å². The first kappa shape index (κ1) is 14.3. The Morgan fingerprint density at radius 2 is 2.37 bits per heavy atom. The lowest BCUT2D eigenvalue weighted by molar-refractivity contribution is 0.556. The van der Waals surface area contributed by atoms with E-state index in [-0.39, 0.29) is 0 Å². The minimum Gasteiger partial charge on any atom is -0.316 e. The third-order valence-electron chi connectivity index (χ3n) is 2.97. The van der Waals surface area contributed by atoms with Crippen LogP contribution in [-0.4, -0.2) is 22.5 Å². The first-order valence-corrected chi connectivity index (χ1v) is 7.80. The second kappa shape index (κ2) is 6.87. The zero-order valence-electron chi connectivity index (χ0n) is 12.0. The van der Waals surface area contributed by atoms with E-state index < -0.39 is 0 Å². The summed E-state index contributed by atoms with van der Waals surface area (Å²) in [6.45, 7) is 8.82. The molecular weight excluding hydrogens is 254 g/mol. The van der Waals surface area contributed by atoms with Crippen molar-refractivity contribution in [1.82, 2.24) is 14.7 Å². The molecule has 2 rings (SSSR count). The molecule has 0 bridgehead atoms. The van der Waals surface area contributed by atoms with Gasteiger partial charge in [0.25, 0.3) is 0 Å². The van der Waals surface area contributed by atoms with Crippen LogP contribution < -0.4 is 5.32 Å². The Bertz CT molecular complexity index is 508. The molecule has 2 heterocycles. The fraction of sp³-hybridized carbons (Fsp3) is 0.533. The number of nitrogens with one attached hydrogen (secondary N) is 1. The SMILES string of the molecule is C/C(=C/CCNCC(C)C)Cc1cn2ccsc2n1. The number of nitrogens with zero attached hydrogens (tertiary/aromatic N) is 2. The number of imidazole rings is 1. The normalized spacial score (nSPS) is 12.7. The minimum atomic E-state index is 0.726. The second-order valence-corrected chi connectivity index (χ2v) is 6.31. The Kier molecular flexibility index (Phi) is 5.16. The maximum Gasteiger partial charge on any atom is 0.193 e. The molecule has 104 valence electrons. The number of allylic oxidation sites excluding steroid dienone is 1. The second-order valence-electron chi connectivity index (χ2n) is 5.44. The summed E-state index contributed by atoms with van der Waals surface area (Å²) < 4.78 is 2.09. The quantitative estimate of drug-likeness (QED) is 0.620. The average Bonchev–Trinajstić information content (AvgIpc) is 2.88. The van der Waals surface area contributed by atoms with Crippen LogP contribution in [0.25, 0.3) is 4.96 Å². The van der Waals surface area contributed by atoms with E-state index in [0.717, 1.165) is 42.5 Å². The van der Waals surface area contributed by atoms with Crippen molar-refractivity contribution < 1.29 is 0 Å². The molecule has 19 heavy (non-hydrogen) atoms. The molecule has 0 saturated carbocycles. The van der Waals surface area contributed by atoms with Gasteiger partial charge in [-0.05, 0) is 32.4 Å². The molecule has 0 aliphatic heterocycles. The number of hydrogen-bond donors (Lipinski definition) is 1. The van der Waals surface area contributed by atoms with Crippen molar-refractivity contribution in [1.29, 1.82) is 0 Å². The molecule has 3 nitrogen and oxygen atoms in total. The number of aromatic nitrogens is 2. The van der Waals surface area contributed by atoms with Crippen molar-refractivity contribution >= 4 is 16.3 Å². The fourth-order valence-corrected chi connectivity index (χ4v) is 2.75. The van der Waals surface area contributed by atoms with Crippen LogP contribution in [0.1, 0.15) is 32.9 Å². The molecule has 0 aliphatic carbocycles. The molecule has 0 spiro atoms. The average molecular weight is 277 g/mol. The van der Waals surface area contributed by atoms with E-state index >= 15 is 0 Å². The van der Waals surface area contributed by atoms with Gasteiger partial charge in [-0.2, -0.15) is 0 Å². The molecule has 2 aromatic rings. The number of rotatable bonds is 7. The summed E-state index contributed by atoms with van der Waals surface area (Å²) in [4.78, 5) is 5.69. The number of hydrogen-bond acceptors (Lipinski definition) is 3. The van der Waals surface area contributed by atoms with Crippen LogP contribution in [0.4, 0.5) is 0 Å². The highest BCUT2D eigenvalue weighted by molar-refractivity contribution is 7.15. The van der Waals surface area contributed by atoms with Gasteiger partial charge in [0.2, 0.25) is 0 Å². The smallest absolute Gasteiger partial charge is 0.193 e. The first-order valence-electron chi connectivity index (χ1n) is 6.92. The van der Waals surface area contributed by atoms with Crippen LogP contribution in [0.3, 0.4) is 0 Å². The molecule has 0 amide bonds. The van der Waals surface area contributed by atoms with E-state index in [1.807, 2.05) is 0 Å². The van der Waals surface area contributed by atoms with E-state index in [9.17, 15) is 0 Å². The van der Waals surface area contributed by atoms with Gasteiger partial charge in [0.05, 0.1) is 5.69 Å². The molecule has 0 unspecified atom stereocenters. The third kappa shape index (κ3) is 4.48. The largest absolute Gasteiger partial charge is 0.316 e. The molecule has 2 aromatic heterocycles. The molecule has 0 aliphatic rings. The maximum atomic E-state index is 4.61. The Labute approximate surface area is 119 Å². The summed E-state index contributed by atoms with van der Waals surface area (Å²) >= 11 is 1.68. The zero-order valence-corrected chi connectivity index (χ0v) is 12.8. The predicted molar refractivity (Wildman–Crippen MR) is 82.9 cm³/mol. The van der Waals surface area contributed by atoms with Gasteiger partial charge in [0.15, 0.2) is 4.96 Å². The van der Waals surface area contributed by atoms with Crippen molar-refractivity contribution in [2.24, 2.45) is 5.92 Å². The van der Waals surface area contributed by atoms with Crippen LogP contribution in [0, 0.1) is 5.92 Å². The van der Waals surface area contributed by atoms with Gasteiger partial charge < -0.3 is 5.32 Å². The van der Waals surface area contributed by atoms with Crippen molar-refractivity contribution in [2.75, 3.05) is 13.1 Å². The summed E-state index contributed by atoms with van der Waals surface area (Å²) in [7, 11) is 0. The molecule has 1 N–H and O–H groups in total. The van der Waals surface area contributed by atoms with Crippen molar-refractivity contribution in [3.05, 3.63) is 35.1 Å². The Morgan fingerprint density at radius 1 is 1.53 bits per heavy atom. The fourth-order valence-electron chi connectivity index (χ4n) is 2.03. The van der Waals surface area contributed by atoms with Crippen LogP contribution in [0.15, 0.2) is 29.4 Å². The van der Waals surface area contributed by atoms with Gasteiger partial charge in [-0.25, -0.2) is 4.98 Å². The first-order chi connectivity index (χ1) is 9.15. The molecule has 0 atom stereocenters. The maximum absolute atomic E-state index is 4.61. The molecule has 0 aromatic carbocycles. The van der Waals surface area contributed by atoms with E-state index in [1.165, 1.54) is 5.57 Å². The van der Waals surface area contributed by atoms with Gasteiger partial charge >= 0.3 is 0 Å². The van der Waals surface area contributed by atoms with Crippen LogP contribution in [0.2, 0.25) is 0 Å². The highest BCUT2D eigenvalue weighted by Gasteiger charge is 2.02. The highest BCUT2D eigenvalue weighted by Crippen LogP contribution is 2.14. The van der Waals surface area contributed by atoms with Crippen LogP contribution >= 0.6 is 11.3 Å². The van der Waals surface area contributed by atoms with Gasteiger partial charge in [-0.15, -0.1) is 11.3 Å². The van der Waals surface area contributed by atoms with Gasteiger partial charge in [0.1, 0.15) is 0 Å². The number of fused-ring (bicyclic) bond motifs is 1. The van der Waals surface area contributed by atoms with Gasteiger partial charge in [-0.3, -0.25) is 4.40 Å². The molecule has 0 fully saturated rings. The summed E-state index contributed by atoms with van der Waals surface area (Å²) in [5.74, 6) is 0.726. The molecule has 0 saturated heterocycles. The van der Waals surface area contributed by atoms with Crippen molar-refractivity contribution in [3.8, 4) is 0 Å². The molecular formula is C15H23N3S. The summed E-state index contributed by atoms with van der Waals surface area (Å²) in [5, 5.41) is 5.52. The predicted octanol–water partition coefficient (Wildman–Crippen LogP) is 3.52. The third-order valence-corrected chi connectivity index (χ3v) is 3.74.